The lowest BCUT2D eigenvalue weighted by Crippen LogP contribution is -2.56. The summed E-state index contributed by atoms with van der Waals surface area (Å²) in [5.41, 5.74) is 0. The van der Waals surface area contributed by atoms with E-state index >= 15 is 0 Å². The van der Waals surface area contributed by atoms with Gasteiger partial charge in [-0.2, -0.15) is 0 Å². The Morgan fingerprint density at radius 2 is 2.27 bits per heavy atom. The van der Waals surface area contributed by atoms with Crippen LogP contribution in [-0.2, 0) is 9.53 Å². The van der Waals surface area contributed by atoms with Crippen molar-refractivity contribution in [1.29, 1.82) is 0 Å². The van der Waals surface area contributed by atoms with Gasteiger partial charge in [-0.25, -0.2) is 0 Å². The maximum atomic E-state index is 11.1. The van der Waals surface area contributed by atoms with Gasteiger partial charge in [0.25, 0.3) is 0 Å². The lowest BCUT2D eigenvalue weighted by molar-refractivity contribution is -0.150. The molecular formula is C10H19NO4. The average molecular weight is 217 g/mol. The van der Waals surface area contributed by atoms with Gasteiger partial charge in [-0.15, -0.1) is 0 Å². The number of ether oxygens (including phenoxy) is 1. The largest absolute Gasteiger partial charge is 0.480 e. The van der Waals surface area contributed by atoms with Crippen molar-refractivity contribution in [3.05, 3.63) is 0 Å². The third-order valence-corrected chi connectivity index (χ3v) is 2.73. The molecule has 2 atom stereocenters. The second kappa shape index (κ2) is 5.44. The summed E-state index contributed by atoms with van der Waals surface area (Å²) in [7, 11) is 0. The fourth-order valence-electron chi connectivity index (χ4n) is 2.00. The Balaban J connectivity index is 2.75. The van der Waals surface area contributed by atoms with Crippen molar-refractivity contribution in [1.82, 2.24) is 4.90 Å². The molecule has 2 unspecified atom stereocenters. The zero-order valence-corrected chi connectivity index (χ0v) is 9.22. The van der Waals surface area contributed by atoms with E-state index in [1.165, 1.54) is 0 Å². The van der Waals surface area contributed by atoms with Crippen molar-refractivity contribution in [2.75, 3.05) is 26.4 Å². The molecule has 5 nitrogen and oxygen atoms in total. The highest BCUT2D eigenvalue weighted by Crippen LogP contribution is 2.17. The molecule has 15 heavy (non-hydrogen) atoms. The summed E-state index contributed by atoms with van der Waals surface area (Å²) >= 11 is 0. The standard InChI is InChI=1S/C10H19NO4/c1-7(2)9(10(13)14)11-3-4-15-6-8(11)5-12/h7-9,12H,3-6H2,1-2H3,(H,13,14). The first kappa shape index (κ1) is 12.4. The molecule has 1 aliphatic rings. The fraction of sp³-hybridized carbons (Fsp3) is 0.900. The number of carboxylic acids is 1. The average Bonchev–Trinajstić information content (AvgIpc) is 2.17. The van der Waals surface area contributed by atoms with Gasteiger partial charge < -0.3 is 14.9 Å². The maximum Gasteiger partial charge on any atom is 0.321 e. The maximum absolute atomic E-state index is 11.1. The molecule has 1 aliphatic heterocycles. The van der Waals surface area contributed by atoms with Crippen LogP contribution in [0.3, 0.4) is 0 Å². The Morgan fingerprint density at radius 3 is 2.73 bits per heavy atom. The zero-order valence-electron chi connectivity index (χ0n) is 9.22. The molecule has 1 rings (SSSR count). The topological polar surface area (TPSA) is 70.0 Å². The summed E-state index contributed by atoms with van der Waals surface area (Å²) in [6.45, 7) is 5.21. The van der Waals surface area contributed by atoms with Crippen molar-refractivity contribution in [2.45, 2.75) is 25.9 Å². The van der Waals surface area contributed by atoms with E-state index in [2.05, 4.69) is 0 Å². The minimum absolute atomic E-state index is 0.0228. The number of rotatable bonds is 4. The van der Waals surface area contributed by atoms with Gasteiger partial charge in [0, 0.05) is 6.54 Å². The van der Waals surface area contributed by atoms with Crippen molar-refractivity contribution in [3.8, 4) is 0 Å². The predicted octanol–water partition coefficient (Wildman–Crippen LogP) is -0.211. The molecule has 1 heterocycles. The zero-order chi connectivity index (χ0) is 11.4. The number of aliphatic hydroxyl groups excluding tert-OH is 1. The molecule has 0 amide bonds. The smallest absolute Gasteiger partial charge is 0.321 e. The van der Waals surface area contributed by atoms with Crippen LogP contribution in [0.15, 0.2) is 0 Å². The minimum atomic E-state index is -0.828. The van der Waals surface area contributed by atoms with Gasteiger partial charge >= 0.3 is 5.97 Å². The van der Waals surface area contributed by atoms with Crippen LogP contribution in [0.4, 0.5) is 0 Å². The highest BCUT2D eigenvalue weighted by molar-refractivity contribution is 5.73. The Labute approximate surface area is 89.6 Å². The summed E-state index contributed by atoms with van der Waals surface area (Å²) in [4.78, 5) is 13.0. The van der Waals surface area contributed by atoms with Gasteiger partial charge in [-0.05, 0) is 5.92 Å². The van der Waals surface area contributed by atoms with E-state index in [-0.39, 0.29) is 18.6 Å². The van der Waals surface area contributed by atoms with E-state index in [9.17, 15) is 4.79 Å². The van der Waals surface area contributed by atoms with Crippen LogP contribution in [0.2, 0.25) is 0 Å². The first-order chi connectivity index (χ1) is 7.07. The molecule has 0 bridgehead atoms. The fourth-order valence-corrected chi connectivity index (χ4v) is 2.00. The van der Waals surface area contributed by atoms with Crippen LogP contribution in [-0.4, -0.2) is 59.5 Å². The van der Waals surface area contributed by atoms with E-state index in [1.807, 2.05) is 18.7 Å². The Morgan fingerprint density at radius 1 is 1.60 bits per heavy atom. The molecule has 0 aliphatic carbocycles. The van der Waals surface area contributed by atoms with Gasteiger partial charge in [0.05, 0.1) is 25.9 Å². The van der Waals surface area contributed by atoms with Crippen LogP contribution in [0.1, 0.15) is 13.8 Å². The van der Waals surface area contributed by atoms with Crippen LogP contribution in [0.5, 0.6) is 0 Å². The second-order valence-corrected chi connectivity index (χ2v) is 4.18. The number of morpholine rings is 1. The SMILES string of the molecule is CC(C)C(C(=O)O)N1CCOCC1CO. The molecular weight excluding hydrogens is 198 g/mol. The normalized spacial score (nSPS) is 25.5. The number of aliphatic hydroxyl groups is 1. The Bertz CT molecular complexity index is 219. The van der Waals surface area contributed by atoms with Gasteiger partial charge in [0.2, 0.25) is 0 Å². The van der Waals surface area contributed by atoms with E-state index in [1.54, 1.807) is 0 Å². The van der Waals surface area contributed by atoms with Crippen LogP contribution >= 0.6 is 0 Å². The molecule has 0 aromatic rings. The highest BCUT2D eigenvalue weighted by Gasteiger charge is 2.35. The number of hydrogen-bond donors (Lipinski definition) is 2. The highest BCUT2D eigenvalue weighted by atomic mass is 16.5. The number of carboxylic acid groups (broad SMARTS) is 1. The van der Waals surface area contributed by atoms with Crippen LogP contribution in [0.25, 0.3) is 0 Å². The van der Waals surface area contributed by atoms with Gasteiger partial charge in [0.1, 0.15) is 6.04 Å². The molecule has 1 fully saturated rings. The molecule has 0 saturated carbocycles. The summed E-state index contributed by atoms with van der Waals surface area (Å²) in [6, 6.07) is -0.728. The monoisotopic (exact) mass is 217 g/mol. The number of carbonyl (C=O) groups is 1. The van der Waals surface area contributed by atoms with Crippen molar-refractivity contribution >= 4 is 5.97 Å². The number of nitrogens with zero attached hydrogens (tertiary/aromatic N) is 1. The number of aliphatic carboxylic acids is 1. The summed E-state index contributed by atoms with van der Waals surface area (Å²) in [5, 5.41) is 18.3. The number of hydrogen-bond acceptors (Lipinski definition) is 4. The molecule has 0 spiro atoms. The first-order valence-corrected chi connectivity index (χ1v) is 5.25. The van der Waals surface area contributed by atoms with Crippen LogP contribution in [0, 0.1) is 5.92 Å². The van der Waals surface area contributed by atoms with E-state index in [0.717, 1.165) is 0 Å². The molecule has 0 radical (unpaired) electrons. The predicted molar refractivity (Wildman–Crippen MR) is 54.7 cm³/mol. The third kappa shape index (κ3) is 2.90. The lowest BCUT2D eigenvalue weighted by Gasteiger charge is -2.39. The second-order valence-electron chi connectivity index (χ2n) is 4.18. The van der Waals surface area contributed by atoms with E-state index < -0.39 is 12.0 Å². The molecule has 0 aromatic carbocycles. The molecule has 0 aromatic heterocycles. The van der Waals surface area contributed by atoms with Crippen molar-refractivity contribution < 1.29 is 19.7 Å². The summed E-state index contributed by atoms with van der Waals surface area (Å²) < 4.78 is 5.22. The first-order valence-electron chi connectivity index (χ1n) is 5.25. The lowest BCUT2D eigenvalue weighted by atomic mass is 10.0. The quantitative estimate of drug-likeness (QED) is 0.682. The molecule has 1 saturated heterocycles. The Kier molecular flexibility index (Phi) is 4.50. The summed E-state index contributed by atoms with van der Waals surface area (Å²) in [6.07, 6.45) is 0. The van der Waals surface area contributed by atoms with E-state index in [0.29, 0.717) is 19.8 Å². The molecule has 2 N–H and O–H groups in total. The third-order valence-electron chi connectivity index (χ3n) is 2.73. The van der Waals surface area contributed by atoms with Crippen molar-refractivity contribution in [3.63, 3.8) is 0 Å². The Hall–Kier alpha value is -0.650. The van der Waals surface area contributed by atoms with Crippen molar-refractivity contribution in [2.24, 2.45) is 5.92 Å². The van der Waals surface area contributed by atoms with E-state index in [4.69, 9.17) is 14.9 Å². The molecule has 88 valence electrons. The summed E-state index contributed by atoms with van der Waals surface area (Å²) in [5.74, 6) is -0.806. The van der Waals surface area contributed by atoms with Gasteiger partial charge in [0.15, 0.2) is 0 Å². The minimum Gasteiger partial charge on any atom is -0.480 e. The van der Waals surface area contributed by atoms with Crippen LogP contribution < -0.4 is 0 Å². The van der Waals surface area contributed by atoms with Gasteiger partial charge in [-0.3, -0.25) is 9.69 Å². The van der Waals surface area contributed by atoms with Gasteiger partial charge in [-0.1, -0.05) is 13.8 Å². The molecule has 5 heteroatoms.